The van der Waals surface area contributed by atoms with Gasteiger partial charge in [0.1, 0.15) is 5.82 Å². The first kappa shape index (κ1) is 12.6. The predicted octanol–water partition coefficient (Wildman–Crippen LogP) is 3.80. The average molecular weight is 306 g/mol. The number of hydrogen-bond acceptors (Lipinski definition) is 2. The second kappa shape index (κ2) is 5.64. The number of rotatable bonds is 2. The van der Waals surface area contributed by atoms with E-state index in [-0.39, 0.29) is 6.03 Å². The Morgan fingerprint density at radius 3 is 2.78 bits per heavy atom. The topological polar surface area (TPSA) is 54.0 Å². The third-order valence-corrected chi connectivity index (χ3v) is 2.73. The molecule has 92 valence electrons. The second-order valence-electron chi connectivity index (χ2n) is 3.81. The highest BCUT2D eigenvalue weighted by Gasteiger charge is 2.03. The monoisotopic (exact) mass is 305 g/mol. The highest BCUT2D eigenvalue weighted by Crippen LogP contribution is 2.15. The molecule has 5 heteroatoms. The molecule has 0 atom stereocenters. The Morgan fingerprint density at radius 1 is 1.22 bits per heavy atom. The van der Waals surface area contributed by atoms with E-state index in [1.54, 1.807) is 12.3 Å². The van der Waals surface area contributed by atoms with Crippen LogP contribution in [-0.4, -0.2) is 11.0 Å². The van der Waals surface area contributed by atoms with Gasteiger partial charge in [-0.1, -0.05) is 22.0 Å². The van der Waals surface area contributed by atoms with Crippen molar-refractivity contribution in [2.45, 2.75) is 6.92 Å². The molecule has 0 aliphatic rings. The fourth-order valence-corrected chi connectivity index (χ4v) is 1.85. The Hall–Kier alpha value is -1.88. The van der Waals surface area contributed by atoms with Gasteiger partial charge in [0.05, 0.1) is 0 Å². The molecule has 0 fully saturated rings. The molecule has 18 heavy (non-hydrogen) atoms. The smallest absolute Gasteiger partial charge is 0.308 e. The number of halogens is 1. The fraction of sp³-hybridized carbons (Fsp3) is 0.0769. The molecule has 1 aromatic heterocycles. The molecule has 0 spiro atoms. The summed E-state index contributed by atoms with van der Waals surface area (Å²) in [6.07, 6.45) is 1.66. The lowest BCUT2D eigenvalue weighted by molar-refractivity contribution is 0.262. The minimum atomic E-state index is -0.314. The largest absolute Gasteiger partial charge is 0.324 e. The lowest BCUT2D eigenvalue weighted by atomic mass is 10.3. The van der Waals surface area contributed by atoms with Crippen LogP contribution in [-0.2, 0) is 0 Å². The van der Waals surface area contributed by atoms with Gasteiger partial charge in [-0.15, -0.1) is 0 Å². The number of aromatic nitrogens is 1. The van der Waals surface area contributed by atoms with Gasteiger partial charge < -0.3 is 5.32 Å². The van der Waals surface area contributed by atoms with Crippen molar-refractivity contribution in [1.29, 1.82) is 0 Å². The molecule has 0 saturated carbocycles. The van der Waals surface area contributed by atoms with E-state index in [0.717, 1.165) is 15.7 Å². The number of amides is 2. The molecule has 2 rings (SSSR count). The van der Waals surface area contributed by atoms with Gasteiger partial charge in [0.15, 0.2) is 0 Å². The van der Waals surface area contributed by atoms with E-state index in [2.05, 4.69) is 31.5 Å². The SMILES string of the molecule is Cc1ccnc(NC(=O)Nc2cccc(Br)c2)c1. The summed E-state index contributed by atoms with van der Waals surface area (Å²) >= 11 is 3.34. The number of nitrogens with zero attached hydrogens (tertiary/aromatic N) is 1. The highest BCUT2D eigenvalue weighted by molar-refractivity contribution is 9.10. The Morgan fingerprint density at radius 2 is 2.06 bits per heavy atom. The normalized spacial score (nSPS) is 9.89. The fourth-order valence-electron chi connectivity index (χ4n) is 1.45. The van der Waals surface area contributed by atoms with E-state index in [0.29, 0.717) is 5.82 Å². The van der Waals surface area contributed by atoms with Crippen molar-refractivity contribution in [1.82, 2.24) is 4.98 Å². The average Bonchev–Trinajstić information content (AvgIpc) is 2.28. The molecule has 0 bridgehead atoms. The van der Waals surface area contributed by atoms with Crippen LogP contribution in [0.5, 0.6) is 0 Å². The maximum Gasteiger partial charge on any atom is 0.324 e. The van der Waals surface area contributed by atoms with Crippen LogP contribution in [0.3, 0.4) is 0 Å². The molecule has 0 radical (unpaired) electrons. The van der Waals surface area contributed by atoms with Crippen LogP contribution in [0.25, 0.3) is 0 Å². The number of carbonyl (C=O) groups excluding carboxylic acids is 1. The molecular formula is C13H12BrN3O. The molecule has 0 aliphatic heterocycles. The van der Waals surface area contributed by atoms with Gasteiger partial charge in [-0.05, 0) is 42.8 Å². The molecule has 1 aromatic carbocycles. The maximum atomic E-state index is 11.7. The number of pyridine rings is 1. The van der Waals surface area contributed by atoms with Crippen LogP contribution < -0.4 is 10.6 Å². The van der Waals surface area contributed by atoms with Crippen LogP contribution in [0.1, 0.15) is 5.56 Å². The molecule has 2 aromatic rings. The zero-order chi connectivity index (χ0) is 13.0. The van der Waals surface area contributed by atoms with E-state index in [1.165, 1.54) is 0 Å². The van der Waals surface area contributed by atoms with Crippen LogP contribution >= 0.6 is 15.9 Å². The van der Waals surface area contributed by atoms with E-state index in [4.69, 9.17) is 0 Å². The van der Waals surface area contributed by atoms with Crippen molar-refractivity contribution >= 4 is 33.5 Å². The van der Waals surface area contributed by atoms with E-state index >= 15 is 0 Å². The Kier molecular flexibility index (Phi) is 3.94. The highest BCUT2D eigenvalue weighted by atomic mass is 79.9. The zero-order valence-corrected chi connectivity index (χ0v) is 11.4. The molecule has 2 amide bonds. The summed E-state index contributed by atoms with van der Waals surface area (Å²) in [6, 6.07) is 10.7. The summed E-state index contributed by atoms with van der Waals surface area (Å²) in [5.74, 6) is 0.530. The van der Waals surface area contributed by atoms with Gasteiger partial charge in [0, 0.05) is 16.4 Å². The van der Waals surface area contributed by atoms with Crippen LogP contribution in [0.2, 0.25) is 0 Å². The van der Waals surface area contributed by atoms with Gasteiger partial charge >= 0.3 is 6.03 Å². The first-order valence-electron chi connectivity index (χ1n) is 5.40. The Balaban J connectivity index is 2.01. The van der Waals surface area contributed by atoms with Crippen molar-refractivity contribution in [3.05, 3.63) is 52.6 Å². The second-order valence-corrected chi connectivity index (χ2v) is 4.72. The molecule has 0 unspecified atom stereocenters. The van der Waals surface area contributed by atoms with Gasteiger partial charge in [-0.25, -0.2) is 9.78 Å². The Bertz CT molecular complexity index is 522. The molecule has 1 heterocycles. The van der Waals surface area contributed by atoms with Crippen molar-refractivity contribution in [2.75, 3.05) is 10.6 Å². The van der Waals surface area contributed by atoms with Crippen molar-refractivity contribution in [3.8, 4) is 0 Å². The summed E-state index contributed by atoms with van der Waals surface area (Å²) < 4.78 is 0.911. The molecular weight excluding hydrogens is 294 g/mol. The quantitative estimate of drug-likeness (QED) is 0.886. The summed E-state index contributed by atoms with van der Waals surface area (Å²) in [7, 11) is 0. The number of hydrogen-bond donors (Lipinski definition) is 2. The third kappa shape index (κ3) is 3.56. The number of urea groups is 1. The number of benzene rings is 1. The standard InChI is InChI=1S/C13H12BrN3O/c1-9-5-6-15-12(7-9)17-13(18)16-11-4-2-3-10(14)8-11/h2-8H,1H3,(H2,15,16,17,18). The van der Waals surface area contributed by atoms with Crippen LogP contribution in [0.15, 0.2) is 47.1 Å². The van der Waals surface area contributed by atoms with Crippen molar-refractivity contribution < 1.29 is 4.79 Å². The first-order chi connectivity index (χ1) is 8.63. The molecule has 2 N–H and O–H groups in total. The summed E-state index contributed by atoms with van der Waals surface area (Å²) in [4.78, 5) is 15.8. The zero-order valence-electron chi connectivity index (χ0n) is 9.77. The predicted molar refractivity (Wildman–Crippen MR) is 75.8 cm³/mol. The summed E-state index contributed by atoms with van der Waals surface area (Å²) in [5, 5.41) is 5.40. The maximum absolute atomic E-state index is 11.7. The Labute approximate surface area is 114 Å². The van der Waals surface area contributed by atoms with Crippen molar-refractivity contribution in [2.24, 2.45) is 0 Å². The lowest BCUT2D eigenvalue weighted by Crippen LogP contribution is -2.20. The van der Waals surface area contributed by atoms with Crippen LogP contribution in [0.4, 0.5) is 16.3 Å². The number of anilines is 2. The van der Waals surface area contributed by atoms with Crippen LogP contribution in [0, 0.1) is 6.92 Å². The first-order valence-corrected chi connectivity index (χ1v) is 6.19. The van der Waals surface area contributed by atoms with E-state index < -0.39 is 0 Å². The number of nitrogens with one attached hydrogen (secondary N) is 2. The van der Waals surface area contributed by atoms with Gasteiger partial charge in [0.25, 0.3) is 0 Å². The summed E-state index contributed by atoms with van der Waals surface area (Å²) in [5.41, 5.74) is 1.76. The number of aryl methyl sites for hydroxylation is 1. The van der Waals surface area contributed by atoms with Gasteiger partial charge in [0.2, 0.25) is 0 Å². The minimum Gasteiger partial charge on any atom is -0.308 e. The molecule has 0 aliphatic carbocycles. The van der Waals surface area contributed by atoms with E-state index in [1.807, 2.05) is 37.3 Å². The lowest BCUT2D eigenvalue weighted by Gasteiger charge is -2.07. The summed E-state index contributed by atoms with van der Waals surface area (Å²) in [6.45, 7) is 1.94. The van der Waals surface area contributed by atoms with E-state index in [9.17, 15) is 4.79 Å². The molecule has 4 nitrogen and oxygen atoms in total. The third-order valence-electron chi connectivity index (χ3n) is 2.24. The number of carbonyl (C=O) groups is 1. The van der Waals surface area contributed by atoms with Gasteiger partial charge in [-0.2, -0.15) is 0 Å². The minimum absolute atomic E-state index is 0.314. The van der Waals surface area contributed by atoms with Crippen molar-refractivity contribution in [3.63, 3.8) is 0 Å². The van der Waals surface area contributed by atoms with Gasteiger partial charge in [-0.3, -0.25) is 5.32 Å². The molecule has 0 saturated heterocycles.